The molecule has 0 saturated heterocycles. The van der Waals surface area contributed by atoms with E-state index in [-0.39, 0.29) is 11.8 Å². The fourth-order valence-corrected chi connectivity index (χ4v) is 3.75. The fraction of sp³-hybridized carbons (Fsp3) is 0.185. The largest absolute Gasteiger partial charge is 0.378 e. The predicted octanol–water partition coefficient (Wildman–Crippen LogP) is 5.02. The number of anilines is 3. The first-order chi connectivity index (χ1) is 15.4. The molecule has 1 N–H and O–H groups in total. The van der Waals surface area contributed by atoms with Crippen LogP contribution in [0.25, 0.3) is 5.57 Å². The second-order valence-electron chi connectivity index (χ2n) is 8.15. The molecule has 0 aromatic heterocycles. The van der Waals surface area contributed by atoms with Gasteiger partial charge in [0.05, 0.1) is 11.3 Å². The highest BCUT2D eigenvalue weighted by Gasteiger charge is 2.40. The summed E-state index contributed by atoms with van der Waals surface area (Å²) < 4.78 is 0. The van der Waals surface area contributed by atoms with Crippen molar-refractivity contribution in [2.24, 2.45) is 0 Å². The molecule has 0 atom stereocenters. The second-order valence-corrected chi connectivity index (χ2v) is 8.15. The molecule has 0 aliphatic carbocycles. The van der Waals surface area contributed by atoms with Gasteiger partial charge in [-0.2, -0.15) is 0 Å². The summed E-state index contributed by atoms with van der Waals surface area (Å²) in [7, 11) is 3.85. The van der Waals surface area contributed by atoms with Crippen LogP contribution in [0.2, 0.25) is 0 Å². The zero-order valence-electron chi connectivity index (χ0n) is 18.8. The van der Waals surface area contributed by atoms with Gasteiger partial charge in [0.15, 0.2) is 0 Å². The van der Waals surface area contributed by atoms with Gasteiger partial charge in [0, 0.05) is 25.5 Å². The maximum atomic E-state index is 13.6. The van der Waals surface area contributed by atoms with Crippen LogP contribution in [0, 0.1) is 6.92 Å². The van der Waals surface area contributed by atoms with Gasteiger partial charge in [0.2, 0.25) is 0 Å². The number of aryl methyl sites for hydroxylation is 2. The predicted molar refractivity (Wildman–Crippen MR) is 131 cm³/mol. The zero-order valence-corrected chi connectivity index (χ0v) is 18.8. The number of benzene rings is 3. The fourth-order valence-electron chi connectivity index (χ4n) is 3.75. The quantitative estimate of drug-likeness (QED) is 0.564. The average Bonchev–Trinajstić information content (AvgIpc) is 3.04. The third kappa shape index (κ3) is 4.02. The van der Waals surface area contributed by atoms with Gasteiger partial charge in [-0.3, -0.25) is 9.59 Å². The van der Waals surface area contributed by atoms with E-state index in [0.717, 1.165) is 23.4 Å². The molecule has 162 valence electrons. The molecule has 4 rings (SSSR count). The van der Waals surface area contributed by atoms with Crippen LogP contribution in [0.4, 0.5) is 17.1 Å². The lowest BCUT2D eigenvalue weighted by molar-refractivity contribution is -0.120. The molecule has 0 saturated carbocycles. The van der Waals surface area contributed by atoms with Gasteiger partial charge in [0.25, 0.3) is 11.8 Å². The molecule has 1 heterocycles. The number of hydrogen-bond donors (Lipinski definition) is 1. The Morgan fingerprint density at radius 1 is 0.875 bits per heavy atom. The van der Waals surface area contributed by atoms with E-state index in [0.29, 0.717) is 22.5 Å². The van der Waals surface area contributed by atoms with Crippen LogP contribution in [-0.4, -0.2) is 25.9 Å². The number of nitrogens with zero attached hydrogens (tertiary/aromatic N) is 2. The first kappa shape index (κ1) is 21.4. The van der Waals surface area contributed by atoms with E-state index in [2.05, 4.69) is 12.2 Å². The normalized spacial score (nSPS) is 13.7. The van der Waals surface area contributed by atoms with Crippen LogP contribution in [0.5, 0.6) is 0 Å². The van der Waals surface area contributed by atoms with E-state index >= 15 is 0 Å². The molecule has 0 spiro atoms. The zero-order chi connectivity index (χ0) is 22.8. The van der Waals surface area contributed by atoms with Crippen molar-refractivity contribution in [3.05, 3.63) is 95.2 Å². The Bertz CT molecular complexity index is 1190. The minimum atomic E-state index is -0.360. The number of carbonyl (C=O) groups is 2. The van der Waals surface area contributed by atoms with Crippen molar-refractivity contribution >= 4 is 34.4 Å². The van der Waals surface area contributed by atoms with E-state index < -0.39 is 0 Å². The van der Waals surface area contributed by atoms with Gasteiger partial charge >= 0.3 is 0 Å². The maximum Gasteiger partial charge on any atom is 0.282 e. The van der Waals surface area contributed by atoms with Crippen molar-refractivity contribution in [1.29, 1.82) is 0 Å². The molecule has 1 aliphatic rings. The Morgan fingerprint density at radius 2 is 1.56 bits per heavy atom. The molecule has 2 amide bonds. The Labute approximate surface area is 189 Å². The van der Waals surface area contributed by atoms with E-state index in [1.807, 2.05) is 92.6 Å². The van der Waals surface area contributed by atoms with Gasteiger partial charge in [-0.1, -0.05) is 55.0 Å². The maximum absolute atomic E-state index is 13.6. The first-order valence-corrected chi connectivity index (χ1v) is 10.7. The summed E-state index contributed by atoms with van der Waals surface area (Å²) in [6.07, 6.45) is 0.936. The summed E-state index contributed by atoms with van der Waals surface area (Å²) in [6.45, 7) is 4.09. The average molecular weight is 426 g/mol. The first-order valence-electron chi connectivity index (χ1n) is 10.7. The Morgan fingerprint density at radius 3 is 2.19 bits per heavy atom. The molecule has 5 nitrogen and oxygen atoms in total. The van der Waals surface area contributed by atoms with Crippen LogP contribution >= 0.6 is 0 Å². The van der Waals surface area contributed by atoms with Gasteiger partial charge in [0.1, 0.15) is 5.70 Å². The van der Waals surface area contributed by atoms with Gasteiger partial charge < -0.3 is 10.2 Å². The lowest BCUT2D eigenvalue weighted by Gasteiger charge is -2.19. The number of hydrogen-bond acceptors (Lipinski definition) is 4. The second kappa shape index (κ2) is 8.71. The Hall–Kier alpha value is -3.86. The highest BCUT2D eigenvalue weighted by molar-refractivity contribution is 6.46. The number of nitrogens with one attached hydrogen (secondary N) is 1. The van der Waals surface area contributed by atoms with Crippen molar-refractivity contribution in [1.82, 2.24) is 0 Å². The highest BCUT2D eigenvalue weighted by atomic mass is 16.2. The van der Waals surface area contributed by atoms with Crippen molar-refractivity contribution in [2.75, 3.05) is 29.2 Å². The number of amides is 2. The van der Waals surface area contributed by atoms with Crippen LogP contribution in [-0.2, 0) is 16.0 Å². The molecule has 5 heteroatoms. The van der Waals surface area contributed by atoms with Crippen LogP contribution < -0.4 is 15.1 Å². The molecule has 1 aliphatic heterocycles. The number of carbonyl (C=O) groups excluding carboxylic acids is 2. The molecule has 0 radical (unpaired) electrons. The summed E-state index contributed by atoms with van der Waals surface area (Å²) in [5.74, 6) is -0.691. The van der Waals surface area contributed by atoms with Crippen LogP contribution in [0.15, 0.2) is 78.5 Å². The molecular weight excluding hydrogens is 398 g/mol. The summed E-state index contributed by atoms with van der Waals surface area (Å²) in [5, 5.41) is 3.23. The van der Waals surface area contributed by atoms with E-state index in [1.165, 1.54) is 10.5 Å². The minimum Gasteiger partial charge on any atom is -0.378 e. The topological polar surface area (TPSA) is 52.7 Å². The molecular formula is C27H27N3O2. The summed E-state index contributed by atoms with van der Waals surface area (Å²) in [6, 6.07) is 23.0. The Balaban J connectivity index is 1.79. The molecule has 32 heavy (non-hydrogen) atoms. The van der Waals surface area contributed by atoms with Gasteiger partial charge in [-0.05, 0) is 54.8 Å². The van der Waals surface area contributed by atoms with Gasteiger partial charge in [-0.15, -0.1) is 0 Å². The van der Waals surface area contributed by atoms with Crippen molar-refractivity contribution in [2.45, 2.75) is 20.3 Å². The van der Waals surface area contributed by atoms with Crippen LogP contribution in [0.1, 0.15) is 23.6 Å². The molecule has 0 bridgehead atoms. The lowest BCUT2D eigenvalue weighted by atomic mass is 10.0. The molecule has 3 aromatic carbocycles. The van der Waals surface area contributed by atoms with Crippen molar-refractivity contribution < 1.29 is 9.59 Å². The minimum absolute atomic E-state index is 0.290. The third-order valence-corrected chi connectivity index (χ3v) is 5.66. The van der Waals surface area contributed by atoms with E-state index in [9.17, 15) is 9.59 Å². The Kier molecular flexibility index (Phi) is 5.82. The SMILES string of the molecule is CCc1ccc(NC2=C(c3ccc(C)cc3)C(=O)N(c3cccc(N(C)C)c3)C2=O)cc1. The summed E-state index contributed by atoms with van der Waals surface area (Å²) in [4.78, 5) is 30.3. The highest BCUT2D eigenvalue weighted by Crippen LogP contribution is 2.35. The summed E-state index contributed by atoms with van der Waals surface area (Å²) in [5.41, 5.74) is 5.92. The van der Waals surface area contributed by atoms with E-state index in [4.69, 9.17) is 0 Å². The van der Waals surface area contributed by atoms with Gasteiger partial charge in [-0.25, -0.2) is 4.90 Å². The monoisotopic (exact) mass is 425 g/mol. The van der Waals surface area contributed by atoms with E-state index in [1.54, 1.807) is 6.07 Å². The van der Waals surface area contributed by atoms with Crippen molar-refractivity contribution in [3.63, 3.8) is 0 Å². The van der Waals surface area contributed by atoms with Crippen LogP contribution in [0.3, 0.4) is 0 Å². The summed E-state index contributed by atoms with van der Waals surface area (Å²) >= 11 is 0. The van der Waals surface area contributed by atoms with Crippen molar-refractivity contribution in [3.8, 4) is 0 Å². The standard InChI is InChI=1S/C27H27N3O2/c1-5-19-11-15-21(16-12-19)28-25-24(20-13-9-18(2)10-14-20)26(31)30(27(25)32)23-8-6-7-22(17-23)29(3)4/h6-17,28H,5H2,1-4H3. The molecule has 3 aromatic rings. The number of rotatable bonds is 6. The molecule has 0 fully saturated rings. The lowest BCUT2D eigenvalue weighted by Crippen LogP contribution is -2.32. The number of imide groups is 1. The smallest absolute Gasteiger partial charge is 0.282 e. The third-order valence-electron chi connectivity index (χ3n) is 5.66. The molecule has 0 unspecified atom stereocenters.